The summed E-state index contributed by atoms with van der Waals surface area (Å²) >= 11 is 7.09. The Labute approximate surface area is 193 Å². The Morgan fingerprint density at radius 3 is 2.75 bits per heavy atom. The van der Waals surface area contributed by atoms with Gasteiger partial charge in [-0.15, -0.1) is 10.2 Å². The summed E-state index contributed by atoms with van der Waals surface area (Å²) in [5, 5.41) is 12.1. The zero-order valence-corrected chi connectivity index (χ0v) is 18.6. The number of hydrogen-bond donors (Lipinski definition) is 1. The van der Waals surface area contributed by atoms with E-state index in [1.165, 1.54) is 30.0 Å². The molecule has 0 saturated heterocycles. The molecule has 1 N–H and O–H groups in total. The predicted octanol–water partition coefficient (Wildman–Crippen LogP) is 4.96. The Hall–Kier alpha value is -2.78. The molecule has 0 bridgehead atoms. The molecular formula is C22H20ClFN4O3S. The van der Waals surface area contributed by atoms with Crippen LogP contribution in [0, 0.1) is 5.82 Å². The van der Waals surface area contributed by atoms with Crippen molar-refractivity contribution >= 4 is 35.0 Å². The van der Waals surface area contributed by atoms with Crippen LogP contribution in [0.3, 0.4) is 0 Å². The van der Waals surface area contributed by atoms with Gasteiger partial charge in [-0.3, -0.25) is 9.36 Å². The number of anilines is 1. The first-order chi connectivity index (χ1) is 15.6. The second kappa shape index (κ2) is 8.99. The standard InChI is InChI=1S/C22H20ClFN4O3S/c23-16-11-14(3-6-17(16)24)25-20(29)12-32-22-27-26-21(28(22)15-4-5-15)13-2-7-18-19(10-13)31-9-1-8-30-18/h2-3,6-7,10-11,15H,1,4-5,8-9,12H2,(H,25,29). The van der Waals surface area contributed by atoms with E-state index in [2.05, 4.69) is 20.1 Å². The normalized spacial score (nSPS) is 15.3. The van der Waals surface area contributed by atoms with Crippen molar-refractivity contribution in [3.8, 4) is 22.9 Å². The average Bonchev–Trinajstić information content (AvgIpc) is 3.58. The number of thioether (sulfide) groups is 1. The lowest BCUT2D eigenvalue weighted by Crippen LogP contribution is -2.14. The number of ether oxygens (including phenoxy) is 2. The number of aromatic nitrogens is 3. The fraction of sp³-hybridized carbons (Fsp3) is 0.318. The van der Waals surface area contributed by atoms with Crippen molar-refractivity contribution < 1.29 is 18.7 Å². The summed E-state index contributed by atoms with van der Waals surface area (Å²) in [6.07, 6.45) is 2.93. The third-order valence-corrected chi connectivity index (χ3v) is 6.35. The zero-order chi connectivity index (χ0) is 22.1. The van der Waals surface area contributed by atoms with Crippen molar-refractivity contribution in [1.29, 1.82) is 0 Å². The molecule has 3 aromatic rings. The van der Waals surface area contributed by atoms with Crippen molar-refractivity contribution in [1.82, 2.24) is 14.8 Å². The molecule has 1 fully saturated rings. The third-order valence-electron chi connectivity index (χ3n) is 5.12. The maximum atomic E-state index is 13.3. The summed E-state index contributed by atoms with van der Waals surface area (Å²) in [6.45, 7) is 1.25. The smallest absolute Gasteiger partial charge is 0.234 e. The van der Waals surface area contributed by atoms with Crippen LogP contribution in [0.2, 0.25) is 5.02 Å². The summed E-state index contributed by atoms with van der Waals surface area (Å²) in [5.41, 5.74) is 1.34. The van der Waals surface area contributed by atoms with Gasteiger partial charge in [0.05, 0.1) is 24.0 Å². The molecule has 10 heteroatoms. The van der Waals surface area contributed by atoms with Crippen molar-refractivity contribution in [3.05, 3.63) is 47.2 Å². The molecule has 7 nitrogen and oxygen atoms in total. The number of carbonyl (C=O) groups is 1. The van der Waals surface area contributed by atoms with Crippen LogP contribution in [-0.4, -0.2) is 39.6 Å². The number of nitrogens with zero attached hydrogens (tertiary/aromatic N) is 3. The Kier molecular flexibility index (Phi) is 5.93. The van der Waals surface area contributed by atoms with Crippen molar-refractivity contribution in [2.75, 3.05) is 24.3 Å². The summed E-state index contributed by atoms with van der Waals surface area (Å²) < 4.78 is 26.9. The molecule has 1 amide bonds. The molecule has 0 unspecified atom stereocenters. The fourth-order valence-electron chi connectivity index (χ4n) is 3.44. The van der Waals surface area contributed by atoms with E-state index in [4.69, 9.17) is 21.1 Å². The van der Waals surface area contributed by atoms with Gasteiger partial charge in [-0.05, 0) is 49.2 Å². The fourth-order valence-corrected chi connectivity index (χ4v) is 4.42. The lowest BCUT2D eigenvalue weighted by atomic mass is 10.2. The van der Waals surface area contributed by atoms with Crippen LogP contribution in [0.5, 0.6) is 11.5 Å². The number of carbonyl (C=O) groups excluding carboxylic acids is 1. The van der Waals surface area contributed by atoms with E-state index >= 15 is 0 Å². The molecule has 5 rings (SSSR count). The summed E-state index contributed by atoms with van der Waals surface area (Å²) in [4.78, 5) is 12.4. The lowest BCUT2D eigenvalue weighted by molar-refractivity contribution is -0.113. The van der Waals surface area contributed by atoms with Gasteiger partial charge in [-0.2, -0.15) is 0 Å². The summed E-state index contributed by atoms with van der Waals surface area (Å²) in [5.74, 6) is 1.56. The van der Waals surface area contributed by atoms with Crippen LogP contribution in [0.25, 0.3) is 11.4 Å². The topological polar surface area (TPSA) is 78.3 Å². The first-order valence-corrected chi connectivity index (χ1v) is 11.7. The molecular weight excluding hydrogens is 455 g/mol. The SMILES string of the molecule is O=C(CSc1nnc(-c2ccc3c(c2)OCCCO3)n1C1CC1)Nc1ccc(F)c(Cl)c1. The highest BCUT2D eigenvalue weighted by molar-refractivity contribution is 7.99. The minimum Gasteiger partial charge on any atom is -0.490 e. The Bertz CT molecular complexity index is 1170. The lowest BCUT2D eigenvalue weighted by Gasteiger charge is -2.11. The van der Waals surface area contributed by atoms with Crippen molar-refractivity contribution in [2.24, 2.45) is 0 Å². The molecule has 2 aromatic carbocycles. The molecule has 166 valence electrons. The quantitative estimate of drug-likeness (QED) is 0.508. The first kappa shape index (κ1) is 21.1. The van der Waals surface area contributed by atoms with Gasteiger partial charge in [0.1, 0.15) is 5.82 Å². The maximum Gasteiger partial charge on any atom is 0.234 e. The van der Waals surface area contributed by atoms with E-state index < -0.39 is 5.82 Å². The van der Waals surface area contributed by atoms with Crippen LogP contribution in [0.15, 0.2) is 41.6 Å². The molecule has 0 radical (unpaired) electrons. The molecule has 1 saturated carbocycles. The highest BCUT2D eigenvalue weighted by atomic mass is 35.5. The number of halogens is 2. The van der Waals surface area contributed by atoms with E-state index in [1.807, 2.05) is 18.2 Å². The third kappa shape index (κ3) is 4.54. The Morgan fingerprint density at radius 2 is 1.97 bits per heavy atom. The molecule has 1 aliphatic heterocycles. The molecule has 0 atom stereocenters. The van der Waals surface area contributed by atoms with Crippen LogP contribution in [0.4, 0.5) is 10.1 Å². The van der Waals surface area contributed by atoms with Gasteiger partial charge in [0.25, 0.3) is 0 Å². The molecule has 0 spiro atoms. The monoisotopic (exact) mass is 474 g/mol. The van der Waals surface area contributed by atoms with Crippen LogP contribution >= 0.6 is 23.4 Å². The second-order valence-electron chi connectivity index (χ2n) is 7.59. The minimum absolute atomic E-state index is 0.0382. The van der Waals surface area contributed by atoms with Crippen LogP contribution in [0.1, 0.15) is 25.3 Å². The van der Waals surface area contributed by atoms with Gasteiger partial charge in [0.15, 0.2) is 22.5 Å². The van der Waals surface area contributed by atoms with E-state index in [9.17, 15) is 9.18 Å². The highest BCUT2D eigenvalue weighted by Crippen LogP contribution is 2.42. The first-order valence-electron chi connectivity index (χ1n) is 10.3. The summed E-state index contributed by atoms with van der Waals surface area (Å²) in [7, 11) is 0. The molecule has 32 heavy (non-hydrogen) atoms. The number of nitrogens with one attached hydrogen (secondary N) is 1. The number of rotatable bonds is 6. The minimum atomic E-state index is -0.529. The second-order valence-corrected chi connectivity index (χ2v) is 8.93. The molecule has 1 aliphatic carbocycles. The van der Waals surface area contributed by atoms with E-state index in [-0.39, 0.29) is 16.7 Å². The van der Waals surface area contributed by atoms with E-state index in [0.29, 0.717) is 35.8 Å². The van der Waals surface area contributed by atoms with Gasteiger partial charge in [0, 0.05) is 23.7 Å². The van der Waals surface area contributed by atoms with Gasteiger partial charge >= 0.3 is 0 Å². The number of fused-ring (bicyclic) bond motifs is 1. The Balaban J connectivity index is 1.32. The largest absolute Gasteiger partial charge is 0.490 e. The van der Waals surface area contributed by atoms with Crippen molar-refractivity contribution in [3.63, 3.8) is 0 Å². The van der Waals surface area contributed by atoms with Crippen molar-refractivity contribution in [2.45, 2.75) is 30.5 Å². The van der Waals surface area contributed by atoms with Gasteiger partial charge in [-0.1, -0.05) is 23.4 Å². The number of amides is 1. The zero-order valence-electron chi connectivity index (χ0n) is 17.0. The van der Waals surface area contributed by atoms with Crippen LogP contribution < -0.4 is 14.8 Å². The number of benzene rings is 2. The van der Waals surface area contributed by atoms with Crippen LogP contribution in [-0.2, 0) is 4.79 Å². The molecule has 2 aliphatic rings. The van der Waals surface area contributed by atoms with Gasteiger partial charge < -0.3 is 14.8 Å². The highest BCUT2D eigenvalue weighted by Gasteiger charge is 2.30. The van der Waals surface area contributed by atoms with E-state index in [1.54, 1.807) is 0 Å². The Morgan fingerprint density at radius 1 is 1.16 bits per heavy atom. The van der Waals surface area contributed by atoms with Gasteiger partial charge in [0.2, 0.25) is 5.91 Å². The molecule has 2 heterocycles. The number of hydrogen-bond acceptors (Lipinski definition) is 6. The predicted molar refractivity (Wildman–Crippen MR) is 120 cm³/mol. The summed E-state index contributed by atoms with van der Waals surface area (Å²) in [6, 6.07) is 10.2. The average molecular weight is 475 g/mol. The van der Waals surface area contributed by atoms with Gasteiger partial charge in [-0.25, -0.2) is 4.39 Å². The maximum absolute atomic E-state index is 13.3. The van der Waals surface area contributed by atoms with E-state index in [0.717, 1.165) is 36.4 Å². The molecule has 1 aromatic heterocycles.